The van der Waals surface area contributed by atoms with Crippen LogP contribution in [0, 0.1) is 12.3 Å². The summed E-state index contributed by atoms with van der Waals surface area (Å²) in [6.07, 6.45) is 5.50. The van der Waals surface area contributed by atoms with Crippen LogP contribution in [0.25, 0.3) is 0 Å². The summed E-state index contributed by atoms with van der Waals surface area (Å²) in [7, 11) is 0. The highest BCUT2D eigenvalue weighted by Gasteiger charge is 2.34. The van der Waals surface area contributed by atoms with Crippen molar-refractivity contribution >= 4 is 5.69 Å². The van der Waals surface area contributed by atoms with E-state index < -0.39 is 0 Å². The second kappa shape index (κ2) is 5.09. The zero-order chi connectivity index (χ0) is 12.3. The van der Waals surface area contributed by atoms with Gasteiger partial charge in [0.2, 0.25) is 0 Å². The van der Waals surface area contributed by atoms with Gasteiger partial charge in [-0.15, -0.1) is 0 Å². The molecule has 1 aliphatic carbocycles. The second-order valence-electron chi connectivity index (χ2n) is 5.50. The number of anilines is 1. The highest BCUT2D eigenvalue weighted by molar-refractivity contribution is 5.48. The summed E-state index contributed by atoms with van der Waals surface area (Å²) in [5, 5.41) is 3.59. The average Bonchev–Trinajstić information content (AvgIpc) is 2.27. The van der Waals surface area contributed by atoms with Gasteiger partial charge in [-0.2, -0.15) is 0 Å². The van der Waals surface area contributed by atoms with Crippen LogP contribution >= 0.6 is 0 Å². The van der Waals surface area contributed by atoms with Crippen molar-refractivity contribution in [1.82, 2.24) is 5.32 Å². The summed E-state index contributed by atoms with van der Waals surface area (Å²) >= 11 is 0. The number of hydrogen-bond acceptors (Lipinski definition) is 2. The molecule has 0 unspecified atom stereocenters. The van der Waals surface area contributed by atoms with Crippen LogP contribution in [0.2, 0.25) is 0 Å². The highest BCUT2D eigenvalue weighted by atomic mass is 14.9. The smallest absolute Gasteiger partial charge is 0.0346 e. The number of nitrogen functional groups attached to an aromatic ring is 1. The Morgan fingerprint density at radius 3 is 2.65 bits per heavy atom. The lowest BCUT2D eigenvalue weighted by atomic mass is 9.67. The molecule has 1 aromatic carbocycles. The summed E-state index contributed by atoms with van der Waals surface area (Å²) < 4.78 is 0. The lowest BCUT2D eigenvalue weighted by molar-refractivity contribution is 0.124. The fourth-order valence-corrected chi connectivity index (χ4v) is 2.60. The molecule has 0 amide bonds. The van der Waals surface area contributed by atoms with E-state index in [0.29, 0.717) is 5.41 Å². The molecule has 0 bridgehead atoms. The quantitative estimate of drug-likeness (QED) is 0.765. The zero-order valence-electron chi connectivity index (χ0n) is 11.1. The summed E-state index contributed by atoms with van der Waals surface area (Å²) in [6, 6.07) is 6.35. The maximum atomic E-state index is 5.91. The Balaban J connectivity index is 1.83. The van der Waals surface area contributed by atoms with E-state index >= 15 is 0 Å². The van der Waals surface area contributed by atoms with Crippen molar-refractivity contribution in [2.45, 2.75) is 46.1 Å². The van der Waals surface area contributed by atoms with Gasteiger partial charge in [0.1, 0.15) is 0 Å². The number of rotatable bonds is 5. The summed E-state index contributed by atoms with van der Waals surface area (Å²) in [6.45, 7) is 6.45. The van der Waals surface area contributed by atoms with Crippen molar-refractivity contribution < 1.29 is 0 Å². The van der Waals surface area contributed by atoms with Crippen LogP contribution in [0.5, 0.6) is 0 Å². The van der Waals surface area contributed by atoms with Crippen molar-refractivity contribution in [3.05, 3.63) is 29.3 Å². The Bertz CT molecular complexity index is 375. The first-order chi connectivity index (χ1) is 8.15. The van der Waals surface area contributed by atoms with Gasteiger partial charge >= 0.3 is 0 Å². The summed E-state index contributed by atoms with van der Waals surface area (Å²) in [5.74, 6) is 0. The predicted molar refractivity (Wildman–Crippen MR) is 73.9 cm³/mol. The molecule has 0 aliphatic heterocycles. The molecule has 0 aromatic heterocycles. The van der Waals surface area contributed by atoms with Crippen LogP contribution in [-0.4, -0.2) is 6.54 Å². The van der Waals surface area contributed by atoms with Gasteiger partial charge in [0.05, 0.1) is 0 Å². The fraction of sp³-hybridized carbons (Fsp3) is 0.600. The highest BCUT2D eigenvalue weighted by Crippen LogP contribution is 2.43. The molecule has 2 nitrogen and oxygen atoms in total. The first kappa shape index (κ1) is 12.4. The Kier molecular flexibility index (Phi) is 3.72. The third-order valence-corrected chi connectivity index (χ3v) is 4.34. The van der Waals surface area contributed by atoms with Gasteiger partial charge in [-0.25, -0.2) is 0 Å². The topological polar surface area (TPSA) is 38.0 Å². The van der Waals surface area contributed by atoms with Gasteiger partial charge in [0.15, 0.2) is 0 Å². The molecule has 2 heteroatoms. The minimum absolute atomic E-state index is 0.593. The maximum Gasteiger partial charge on any atom is 0.0346 e. The van der Waals surface area contributed by atoms with Gasteiger partial charge in [0, 0.05) is 18.8 Å². The van der Waals surface area contributed by atoms with Gasteiger partial charge in [0.25, 0.3) is 0 Å². The molecule has 0 spiro atoms. The van der Waals surface area contributed by atoms with E-state index in [-0.39, 0.29) is 0 Å². The van der Waals surface area contributed by atoms with Crippen molar-refractivity contribution in [3.8, 4) is 0 Å². The number of aryl methyl sites for hydroxylation is 1. The normalized spacial score (nSPS) is 17.8. The van der Waals surface area contributed by atoms with Gasteiger partial charge in [-0.3, -0.25) is 0 Å². The van der Waals surface area contributed by atoms with Crippen LogP contribution < -0.4 is 11.1 Å². The molecule has 1 aromatic rings. The van der Waals surface area contributed by atoms with Gasteiger partial charge in [-0.1, -0.05) is 25.5 Å². The third kappa shape index (κ3) is 2.81. The van der Waals surface area contributed by atoms with E-state index in [2.05, 4.69) is 30.4 Å². The lowest BCUT2D eigenvalue weighted by Gasteiger charge is -2.41. The molecular weight excluding hydrogens is 208 g/mol. The molecule has 94 valence electrons. The van der Waals surface area contributed by atoms with E-state index in [4.69, 9.17) is 5.73 Å². The molecule has 0 atom stereocenters. The Morgan fingerprint density at radius 1 is 1.35 bits per heavy atom. The van der Waals surface area contributed by atoms with Crippen LogP contribution in [0.3, 0.4) is 0 Å². The van der Waals surface area contributed by atoms with E-state index in [1.807, 2.05) is 6.92 Å². The minimum atomic E-state index is 0.593. The number of benzene rings is 1. The Labute approximate surface area is 105 Å². The Morgan fingerprint density at radius 2 is 2.12 bits per heavy atom. The monoisotopic (exact) mass is 232 g/mol. The average molecular weight is 232 g/mol. The molecule has 3 N–H and O–H groups in total. The van der Waals surface area contributed by atoms with Crippen molar-refractivity contribution in [2.75, 3.05) is 12.3 Å². The maximum absolute atomic E-state index is 5.91. The third-order valence-electron chi connectivity index (χ3n) is 4.34. The van der Waals surface area contributed by atoms with E-state index in [9.17, 15) is 0 Å². The van der Waals surface area contributed by atoms with Crippen LogP contribution in [0.4, 0.5) is 5.69 Å². The van der Waals surface area contributed by atoms with Crippen molar-refractivity contribution in [3.63, 3.8) is 0 Å². The van der Waals surface area contributed by atoms with Crippen molar-refractivity contribution in [2.24, 2.45) is 5.41 Å². The first-order valence-corrected chi connectivity index (χ1v) is 6.71. The predicted octanol–water partition coefficient (Wildman–Crippen LogP) is 3.25. The molecule has 1 saturated carbocycles. The van der Waals surface area contributed by atoms with E-state index in [1.54, 1.807) is 0 Å². The molecular formula is C15H24N2. The van der Waals surface area contributed by atoms with Crippen LogP contribution in [0.1, 0.15) is 43.7 Å². The first-order valence-electron chi connectivity index (χ1n) is 6.71. The summed E-state index contributed by atoms with van der Waals surface area (Å²) in [4.78, 5) is 0. The van der Waals surface area contributed by atoms with Crippen molar-refractivity contribution in [1.29, 1.82) is 0 Å². The molecule has 0 heterocycles. The zero-order valence-corrected chi connectivity index (χ0v) is 11.1. The standard InChI is InChI=1S/C15H24N2/c1-3-15(7-4-8-15)11-17-10-13-6-5-12(2)14(16)9-13/h5-6,9,17H,3-4,7-8,10-11,16H2,1-2H3. The minimum Gasteiger partial charge on any atom is -0.399 e. The molecule has 17 heavy (non-hydrogen) atoms. The number of nitrogens with one attached hydrogen (secondary N) is 1. The van der Waals surface area contributed by atoms with Gasteiger partial charge in [-0.05, 0) is 48.8 Å². The number of hydrogen-bond donors (Lipinski definition) is 2. The molecule has 1 fully saturated rings. The molecule has 0 saturated heterocycles. The number of nitrogens with two attached hydrogens (primary N) is 1. The summed E-state index contributed by atoms with van der Waals surface area (Å²) in [5.41, 5.74) is 9.86. The fourth-order valence-electron chi connectivity index (χ4n) is 2.60. The molecule has 1 aliphatic rings. The second-order valence-corrected chi connectivity index (χ2v) is 5.50. The van der Waals surface area contributed by atoms with E-state index in [0.717, 1.165) is 24.3 Å². The molecule has 0 radical (unpaired) electrons. The lowest BCUT2D eigenvalue weighted by Crippen LogP contribution is -2.39. The Hall–Kier alpha value is -1.02. The largest absolute Gasteiger partial charge is 0.399 e. The SMILES string of the molecule is CCC1(CNCc2ccc(C)c(N)c2)CCC1. The van der Waals surface area contributed by atoms with Crippen LogP contribution in [0.15, 0.2) is 18.2 Å². The van der Waals surface area contributed by atoms with Crippen LogP contribution in [-0.2, 0) is 6.54 Å². The molecule has 2 rings (SSSR count). The van der Waals surface area contributed by atoms with E-state index in [1.165, 1.54) is 31.2 Å². The van der Waals surface area contributed by atoms with Gasteiger partial charge < -0.3 is 11.1 Å².